The molecular formula is C16H20N6O4. The van der Waals surface area contributed by atoms with Crippen LogP contribution in [-0.2, 0) is 29.2 Å². The highest BCUT2D eigenvalue weighted by Gasteiger charge is 2.44. The van der Waals surface area contributed by atoms with E-state index in [2.05, 4.69) is 15.2 Å². The minimum absolute atomic E-state index is 0.108. The number of carbonyl (C=O) groups excluding carboxylic acids is 1. The number of nitrogens with zero attached hydrogens (tertiary/aromatic N) is 5. The molecule has 0 bridgehead atoms. The first-order valence-corrected chi connectivity index (χ1v) is 8.48. The van der Waals surface area contributed by atoms with E-state index in [4.69, 9.17) is 4.74 Å². The summed E-state index contributed by atoms with van der Waals surface area (Å²) >= 11 is 0. The summed E-state index contributed by atoms with van der Waals surface area (Å²) in [4.78, 5) is 39.9. The van der Waals surface area contributed by atoms with Crippen molar-refractivity contribution >= 4 is 5.91 Å². The molecule has 2 aliphatic rings. The number of aromatic nitrogens is 5. The first-order valence-electron chi connectivity index (χ1n) is 8.48. The lowest BCUT2D eigenvalue weighted by Gasteiger charge is -2.34. The number of fused-ring (bicyclic) bond motifs is 1. The Morgan fingerprint density at radius 3 is 2.92 bits per heavy atom. The molecule has 2 aromatic rings. The summed E-state index contributed by atoms with van der Waals surface area (Å²) in [6.07, 6.45) is 2.13. The summed E-state index contributed by atoms with van der Waals surface area (Å²) in [7, 11) is 0. The van der Waals surface area contributed by atoms with Gasteiger partial charge in [-0.3, -0.25) is 19.1 Å². The van der Waals surface area contributed by atoms with Gasteiger partial charge >= 0.3 is 5.69 Å². The molecule has 1 N–H and O–H groups in total. The summed E-state index contributed by atoms with van der Waals surface area (Å²) in [6.45, 7) is 5.40. The number of hydrogen-bond donors (Lipinski definition) is 1. The largest absolute Gasteiger partial charge is 0.363 e. The van der Waals surface area contributed by atoms with Gasteiger partial charge in [-0.15, -0.1) is 10.2 Å². The van der Waals surface area contributed by atoms with E-state index in [1.807, 2.05) is 11.5 Å². The van der Waals surface area contributed by atoms with Crippen molar-refractivity contribution in [3.8, 4) is 0 Å². The third kappa shape index (κ3) is 2.75. The molecule has 0 saturated carbocycles. The number of rotatable bonds is 2. The number of aromatic amines is 1. The summed E-state index contributed by atoms with van der Waals surface area (Å²) in [6, 6.07) is 0. The van der Waals surface area contributed by atoms with Gasteiger partial charge in [0.15, 0.2) is 5.82 Å². The van der Waals surface area contributed by atoms with Crippen LogP contribution in [0.15, 0.2) is 15.8 Å². The predicted octanol–water partition coefficient (Wildman–Crippen LogP) is -1.05. The fraction of sp³-hybridized carbons (Fsp3) is 0.562. The van der Waals surface area contributed by atoms with Crippen LogP contribution in [-0.4, -0.2) is 53.8 Å². The second kappa shape index (κ2) is 5.90. The maximum Gasteiger partial charge on any atom is 0.328 e. The number of nitrogens with one attached hydrogen (secondary N) is 1. The number of hydrogen-bond acceptors (Lipinski definition) is 6. The highest BCUT2D eigenvalue weighted by atomic mass is 16.5. The normalized spacial score (nSPS) is 22.0. The number of aryl methyl sites for hydroxylation is 2. The molecule has 10 nitrogen and oxygen atoms in total. The van der Waals surface area contributed by atoms with Gasteiger partial charge < -0.3 is 14.2 Å². The molecule has 1 atom stereocenters. The molecule has 4 heterocycles. The fourth-order valence-electron chi connectivity index (χ4n) is 3.57. The number of likely N-dealkylation sites (tertiary alicyclic amines) is 1. The molecule has 138 valence electrons. The molecule has 0 aliphatic carbocycles. The molecule has 4 rings (SSSR count). The highest BCUT2D eigenvalue weighted by molar-refractivity contribution is 5.76. The fourth-order valence-corrected chi connectivity index (χ4v) is 3.57. The van der Waals surface area contributed by atoms with Gasteiger partial charge in [0.25, 0.3) is 5.56 Å². The third-order valence-corrected chi connectivity index (χ3v) is 5.13. The Kier molecular flexibility index (Phi) is 3.79. The molecule has 26 heavy (non-hydrogen) atoms. The van der Waals surface area contributed by atoms with Crippen LogP contribution in [0.2, 0.25) is 0 Å². The SMILES string of the molecule is Cc1cn(CC(=O)N2CCC3(C2)Cn2c(C)nnc2CO3)c(=O)[nH]c1=O. The lowest BCUT2D eigenvalue weighted by atomic mass is 10.0. The van der Waals surface area contributed by atoms with E-state index in [0.717, 1.165) is 18.1 Å². The number of ether oxygens (including phenoxy) is 1. The van der Waals surface area contributed by atoms with Crippen LogP contribution in [0.4, 0.5) is 0 Å². The molecule has 2 aromatic heterocycles. The Balaban J connectivity index is 1.48. The van der Waals surface area contributed by atoms with Crippen LogP contribution in [0.3, 0.4) is 0 Å². The van der Waals surface area contributed by atoms with Crippen LogP contribution in [0.25, 0.3) is 0 Å². The molecule has 1 spiro atoms. The average molecular weight is 360 g/mol. The minimum Gasteiger partial charge on any atom is -0.363 e. The van der Waals surface area contributed by atoms with E-state index in [9.17, 15) is 14.4 Å². The molecule has 1 saturated heterocycles. The second-order valence-electron chi connectivity index (χ2n) is 6.99. The summed E-state index contributed by atoms with van der Waals surface area (Å²) in [5.74, 6) is 1.46. The lowest BCUT2D eigenvalue weighted by molar-refractivity contribution is -0.134. The molecule has 1 fully saturated rings. The van der Waals surface area contributed by atoms with Crippen LogP contribution >= 0.6 is 0 Å². The van der Waals surface area contributed by atoms with E-state index in [1.165, 1.54) is 10.8 Å². The standard InChI is InChI=1S/C16H20N6O4/c1-10-5-21(15(25)17-14(10)24)6-13(23)20-4-3-16(8-20)9-22-11(2)18-19-12(22)7-26-16/h5H,3-4,6-9H2,1-2H3,(H,17,24,25). The molecule has 1 amide bonds. The Hall–Kier alpha value is -2.75. The van der Waals surface area contributed by atoms with Gasteiger partial charge in [-0.2, -0.15) is 0 Å². The van der Waals surface area contributed by atoms with Crippen molar-refractivity contribution in [2.45, 2.75) is 45.6 Å². The molecule has 2 aliphatic heterocycles. The summed E-state index contributed by atoms with van der Waals surface area (Å²) < 4.78 is 9.29. The number of H-pyrrole nitrogens is 1. The predicted molar refractivity (Wildman–Crippen MR) is 89.5 cm³/mol. The van der Waals surface area contributed by atoms with Crippen molar-refractivity contribution in [3.63, 3.8) is 0 Å². The van der Waals surface area contributed by atoms with Crippen molar-refractivity contribution in [1.29, 1.82) is 0 Å². The molecular weight excluding hydrogens is 340 g/mol. The highest BCUT2D eigenvalue weighted by Crippen LogP contribution is 2.32. The van der Waals surface area contributed by atoms with E-state index in [0.29, 0.717) is 31.8 Å². The van der Waals surface area contributed by atoms with E-state index in [-0.39, 0.29) is 12.5 Å². The average Bonchev–Trinajstić information content (AvgIpc) is 3.18. The maximum atomic E-state index is 12.6. The van der Waals surface area contributed by atoms with Gasteiger partial charge in [0, 0.05) is 18.3 Å². The van der Waals surface area contributed by atoms with Crippen LogP contribution < -0.4 is 11.2 Å². The van der Waals surface area contributed by atoms with Crippen LogP contribution in [0, 0.1) is 13.8 Å². The Bertz CT molecular complexity index is 989. The van der Waals surface area contributed by atoms with Crippen LogP contribution in [0.1, 0.15) is 23.6 Å². The second-order valence-corrected chi connectivity index (χ2v) is 6.99. The zero-order valence-corrected chi connectivity index (χ0v) is 14.7. The minimum atomic E-state index is -0.582. The quantitative estimate of drug-likeness (QED) is 0.730. The first kappa shape index (κ1) is 16.7. The molecule has 1 unspecified atom stereocenters. The molecule has 0 radical (unpaired) electrons. The van der Waals surface area contributed by atoms with E-state index < -0.39 is 16.9 Å². The van der Waals surface area contributed by atoms with Gasteiger partial charge in [0.1, 0.15) is 24.6 Å². The lowest BCUT2D eigenvalue weighted by Crippen LogP contribution is -2.46. The summed E-state index contributed by atoms with van der Waals surface area (Å²) in [5.41, 5.74) is -1.07. The van der Waals surface area contributed by atoms with Crippen molar-refractivity contribution in [1.82, 2.24) is 29.2 Å². The monoisotopic (exact) mass is 360 g/mol. The van der Waals surface area contributed by atoms with Crippen molar-refractivity contribution in [2.24, 2.45) is 0 Å². The molecule has 10 heteroatoms. The zero-order chi connectivity index (χ0) is 18.5. The van der Waals surface area contributed by atoms with Crippen molar-refractivity contribution in [2.75, 3.05) is 13.1 Å². The van der Waals surface area contributed by atoms with Gasteiger partial charge in [0.05, 0.1) is 13.1 Å². The number of amides is 1. The van der Waals surface area contributed by atoms with Crippen LogP contribution in [0.5, 0.6) is 0 Å². The van der Waals surface area contributed by atoms with Gasteiger partial charge in [0.2, 0.25) is 5.91 Å². The Labute approximate surface area is 148 Å². The topological polar surface area (TPSA) is 115 Å². The molecule has 0 aromatic carbocycles. The van der Waals surface area contributed by atoms with E-state index in [1.54, 1.807) is 11.8 Å². The van der Waals surface area contributed by atoms with Gasteiger partial charge in [-0.25, -0.2) is 4.79 Å². The van der Waals surface area contributed by atoms with Crippen molar-refractivity contribution < 1.29 is 9.53 Å². The first-order chi connectivity index (χ1) is 12.4. The van der Waals surface area contributed by atoms with Crippen molar-refractivity contribution in [3.05, 3.63) is 44.2 Å². The van der Waals surface area contributed by atoms with Gasteiger partial charge in [-0.05, 0) is 20.3 Å². The van der Waals surface area contributed by atoms with Gasteiger partial charge in [-0.1, -0.05) is 0 Å². The maximum absolute atomic E-state index is 12.6. The smallest absolute Gasteiger partial charge is 0.328 e. The van der Waals surface area contributed by atoms with E-state index >= 15 is 0 Å². The number of carbonyl (C=O) groups is 1. The Morgan fingerprint density at radius 1 is 1.31 bits per heavy atom. The zero-order valence-electron chi connectivity index (χ0n) is 14.7. The Morgan fingerprint density at radius 2 is 2.12 bits per heavy atom. The summed E-state index contributed by atoms with van der Waals surface area (Å²) in [5, 5.41) is 8.16. The third-order valence-electron chi connectivity index (χ3n) is 5.13.